The van der Waals surface area contributed by atoms with Gasteiger partial charge in [-0.25, -0.2) is 4.98 Å². The van der Waals surface area contributed by atoms with Crippen molar-refractivity contribution in [3.63, 3.8) is 0 Å². The number of unbranched alkanes of at least 4 members (excludes halogenated alkanes) is 2. The molecular weight excluding hydrogens is 532 g/mol. The minimum atomic E-state index is 0.0767. The van der Waals surface area contributed by atoms with Crippen molar-refractivity contribution < 1.29 is 9.59 Å². The maximum Gasteiger partial charge on any atom is 0.264 e. The third kappa shape index (κ3) is 6.84. The van der Waals surface area contributed by atoms with Gasteiger partial charge in [0.05, 0.1) is 35.1 Å². The number of anilines is 1. The van der Waals surface area contributed by atoms with Crippen molar-refractivity contribution in [2.75, 3.05) is 38.1 Å². The van der Waals surface area contributed by atoms with E-state index in [0.717, 1.165) is 77.3 Å². The first-order valence-electron chi connectivity index (χ1n) is 14.2. The number of rotatable bonds is 10. The second kappa shape index (κ2) is 13.1. The van der Waals surface area contributed by atoms with Gasteiger partial charge in [-0.3, -0.25) is 9.59 Å². The molecule has 0 saturated carbocycles. The fourth-order valence-corrected chi connectivity index (χ4v) is 6.13. The Labute approximate surface area is 245 Å². The summed E-state index contributed by atoms with van der Waals surface area (Å²) in [4.78, 5) is 37.9. The fourth-order valence-electron chi connectivity index (χ4n) is 5.12. The van der Waals surface area contributed by atoms with Crippen LogP contribution in [0.25, 0.3) is 10.1 Å². The van der Waals surface area contributed by atoms with Crippen LogP contribution in [0.4, 0.5) is 5.69 Å². The van der Waals surface area contributed by atoms with Gasteiger partial charge in [0, 0.05) is 55.7 Å². The molecule has 1 fully saturated rings. The molecule has 0 spiro atoms. The molecule has 5 rings (SSSR count). The first-order valence-corrected chi connectivity index (χ1v) is 15.1. The molecule has 0 unspecified atom stereocenters. The third-order valence-corrected chi connectivity index (χ3v) is 8.77. The van der Waals surface area contributed by atoms with E-state index in [0.29, 0.717) is 25.1 Å². The molecule has 0 aliphatic carbocycles. The molecule has 8 nitrogen and oxygen atoms in total. The van der Waals surface area contributed by atoms with Crippen LogP contribution in [-0.4, -0.2) is 64.4 Å². The Balaban J connectivity index is 1.39. The van der Waals surface area contributed by atoms with Gasteiger partial charge in [0.15, 0.2) is 0 Å². The third-order valence-electron chi connectivity index (χ3n) is 7.66. The molecule has 0 radical (unpaired) electrons. The zero-order chi connectivity index (χ0) is 28.8. The van der Waals surface area contributed by atoms with Crippen LogP contribution in [-0.2, 0) is 17.9 Å². The van der Waals surface area contributed by atoms with E-state index in [2.05, 4.69) is 29.9 Å². The number of nitrogens with zero attached hydrogens (tertiary/aromatic N) is 6. The minimum absolute atomic E-state index is 0.0767. The lowest BCUT2D eigenvalue weighted by Crippen LogP contribution is -2.46. The van der Waals surface area contributed by atoms with Gasteiger partial charge in [-0.1, -0.05) is 31.9 Å². The van der Waals surface area contributed by atoms with Crippen molar-refractivity contribution in [3.8, 4) is 6.07 Å². The summed E-state index contributed by atoms with van der Waals surface area (Å²) in [6, 6.07) is 17.7. The molecule has 1 aliphatic heterocycles. The summed E-state index contributed by atoms with van der Waals surface area (Å²) in [5.41, 5.74) is 3.43. The topological polar surface area (TPSA) is 85.5 Å². The van der Waals surface area contributed by atoms with Crippen molar-refractivity contribution in [3.05, 3.63) is 82.8 Å². The highest BCUT2D eigenvalue weighted by Crippen LogP contribution is 2.31. The van der Waals surface area contributed by atoms with E-state index in [9.17, 15) is 9.59 Å². The standard InChI is InChI=1S/C32H36N6O2S/c1-3-4-5-6-31(39)38(22-28-20-34-23-37(28)21-25-9-7-24(19-33)8-10-25)27-11-12-29-26(17-27)18-30(41-29)32(40)36-15-13-35(2)14-16-36/h7-12,17-18,20,23H,3-6,13-16,21-22H2,1-2H3. The summed E-state index contributed by atoms with van der Waals surface area (Å²) in [7, 11) is 2.08. The lowest BCUT2D eigenvalue weighted by molar-refractivity contribution is -0.118. The Bertz CT molecular complexity index is 1540. The number of hydrogen-bond donors (Lipinski definition) is 0. The molecule has 1 aliphatic rings. The number of thiophene rings is 1. The molecule has 9 heteroatoms. The summed E-state index contributed by atoms with van der Waals surface area (Å²) >= 11 is 1.51. The van der Waals surface area contributed by atoms with E-state index in [1.807, 2.05) is 69.1 Å². The molecule has 1 saturated heterocycles. The number of benzene rings is 2. The van der Waals surface area contributed by atoms with Gasteiger partial charge in [-0.05, 0) is 60.8 Å². The molecule has 2 aromatic heterocycles. The maximum absolute atomic E-state index is 13.6. The molecular formula is C32H36N6O2S. The molecule has 2 amide bonds. The van der Waals surface area contributed by atoms with Crippen LogP contribution < -0.4 is 4.90 Å². The number of imidazole rings is 1. The molecule has 0 atom stereocenters. The highest BCUT2D eigenvalue weighted by Gasteiger charge is 2.23. The van der Waals surface area contributed by atoms with Gasteiger partial charge in [-0.15, -0.1) is 11.3 Å². The Morgan fingerprint density at radius 3 is 2.56 bits per heavy atom. The molecule has 41 heavy (non-hydrogen) atoms. The summed E-state index contributed by atoms with van der Waals surface area (Å²) in [5.74, 6) is 0.160. The smallest absolute Gasteiger partial charge is 0.264 e. The average molecular weight is 569 g/mol. The van der Waals surface area contributed by atoms with Gasteiger partial charge in [0.1, 0.15) is 0 Å². The molecule has 0 bridgehead atoms. The zero-order valence-electron chi connectivity index (χ0n) is 23.8. The summed E-state index contributed by atoms with van der Waals surface area (Å²) in [6.45, 7) is 6.38. The van der Waals surface area contributed by atoms with Crippen LogP contribution >= 0.6 is 11.3 Å². The highest BCUT2D eigenvalue weighted by molar-refractivity contribution is 7.20. The number of fused-ring (bicyclic) bond motifs is 1. The predicted octanol–water partition coefficient (Wildman–Crippen LogP) is 5.52. The number of amides is 2. The first kappa shape index (κ1) is 28.5. The Hall–Kier alpha value is -4.00. The fraction of sp³-hybridized carbons (Fsp3) is 0.375. The largest absolute Gasteiger partial charge is 0.335 e. The summed E-state index contributed by atoms with van der Waals surface area (Å²) in [5, 5.41) is 10.1. The summed E-state index contributed by atoms with van der Waals surface area (Å²) in [6.07, 6.45) is 6.98. The number of carbonyl (C=O) groups is 2. The van der Waals surface area contributed by atoms with Crippen LogP contribution in [0.1, 0.15) is 59.1 Å². The number of likely N-dealkylation sites (N-methyl/N-ethyl adjacent to an activating group) is 1. The van der Waals surface area contributed by atoms with Crippen molar-refractivity contribution in [1.82, 2.24) is 19.4 Å². The Kier molecular flexibility index (Phi) is 9.12. The Morgan fingerprint density at radius 1 is 1.05 bits per heavy atom. The lowest BCUT2D eigenvalue weighted by Gasteiger charge is -2.32. The van der Waals surface area contributed by atoms with E-state index in [1.54, 1.807) is 6.33 Å². The predicted molar refractivity (Wildman–Crippen MR) is 163 cm³/mol. The number of nitriles is 1. The number of aromatic nitrogens is 2. The first-order chi connectivity index (χ1) is 19.9. The van der Waals surface area contributed by atoms with Crippen LogP contribution in [0.5, 0.6) is 0 Å². The zero-order valence-corrected chi connectivity index (χ0v) is 24.6. The van der Waals surface area contributed by atoms with Gasteiger partial charge < -0.3 is 19.3 Å². The van der Waals surface area contributed by atoms with E-state index in [1.165, 1.54) is 11.3 Å². The quantitative estimate of drug-likeness (QED) is 0.235. The van der Waals surface area contributed by atoms with Gasteiger partial charge in [0.25, 0.3) is 5.91 Å². The average Bonchev–Trinajstić information content (AvgIpc) is 3.62. The van der Waals surface area contributed by atoms with Crippen LogP contribution in [0, 0.1) is 11.3 Å². The normalized spacial score (nSPS) is 13.8. The number of hydrogen-bond acceptors (Lipinski definition) is 6. The molecule has 2 aromatic carbocycles. The highest BCUT2D eigenvalue weighted by atomic mass is 32.1. The molecule has 3 heterocycles. The lowest BCUT2D eigenvalue weighted by atomic mass is 10.1. The molecule has 4 aromatic rings. The maximum atomic E-state index is 13.6. The summed E-state index contributed by atoms with van der Waals surface area (Å²) < 4.78 is 3.08. The minimum Gasteiger partial charge on any atom is -0.335 e. The van der Waals surface area contributed by atoms with E-state index < -0.39 is 0 Å². The second-order valence-corrected chi connectivity index (χ2v) is 11.8. The second-order valence-electron chi connectivity index (χ2n) is 10.7. The monoisotopic (exact) mass is 568 g/mol. The van der Waals surface area contributed by atoms with Crippen molar-refractivity contribution in [2.45, 2.75) is 45.7 Å². The van der Waals surface area contributed by atoms with Crippen molar-refractivity contribution in [2.24, 2.45) is 0 Å². The number of piperazine rings is 1. The molecule has 0 N–H and O–H groups in total. The van der Waals surface area contributed by atoms with E-state index >= 15 is 0 Å². The Morgan fingerprint density at radius 2 is 1.83 bits per heavy atom. The van der Waals surface area contributed by atoms with Crippen LogP contribution in [0.15, 0.2) is 61.1 Å². The van der Waals surface area contributed by atoms with Crippen LogP contribution in [0.3, 0.4) is 0 Å². The van der Waals surface area contributed by atoms with Crippen molar-refractivity contribution >= 4 is 38.9 Å². The van der Waals surface area contributed by atoms with Gasteiger partial charge >= 0.3 is 0 Å². The van der Waals surface area contributed by atoms with Gasteiger partial charge in [0.2, 0.25) is 5.91 Å². The van der Waals surface area contributed by atoms with E-state index in [-0.39, 0.29) is 11.8 Å². The van der Waals surface area contributed by atoms with Gasteiger partial charge in [-0.2, -0.15) is 5.26 Å². The molecule has 212 valence electrons. The van der Waals surface area contributed by atoms with E-state index in [4.69, 9.17) is 5.26 Å². The van der Waals surface area contributed by atoms with Crippen molar-refractivity contribution in [1.29, 1.82) is 5.26 Å². The number of carbonyl (C=O) groups excluding carboxylic acids is 2. The van der Waals surface area contributed by atoms with Crippen LogP contribution in [0.2, 0.25) is 0 Å². The SMILES string of the molecule is CCCCCC(=O)N(Cc1cncn1Cc1ccc(C#N)cc1)c1ccc2sc(C(=O)N3CCN(C)CC3)cc2c1.